The lowest BCUT2D eigenvalue weighted by Crippen LogP contribution is -2.46. The van der Waals surface area contributed by atoms with E-state index in [0.717, 1.165) is 12.0 Å². The van der Waals surface area contributed by atoms with Crippen LogP contribution >= 0.6 is 0 Å². The average molecular weight is 354 g/mol. The van der Waals surface area contributed by atoms with Gasteiger partial charge in [-0.15, -0.1) is 0 Å². The Morgan fingerprint density at radius 3 is 2.50 bits per heavy atom. The number of hydrogen-bond acceptors (Lipinski definition) is 4. The van der Waals surface area contributed by atoms with Gasteiger partial charge in [0.1, 0.15) is 5.69 Å². The second kappa shape index (κ2) is 8.42. The number of aryl methyl sites for hydroxylation is 1. The summed E-state index contributed by atoms with van der Waals surface area (Å²) < 4.78 is 0. The first-order valence-corrected chi connectivity index (χ1v) is 8.80. The number of nitrogens with zero attached hydrogens (tertiary/aromatic N) is 2. The lowest BCUT2D eigenvalue weighted by molar-refractivity contribution is -0.132. The molecule has 2 aromatic rings. The molecule has 0 spiro atoms. The maximum Gasteiger partial charge on any atom is 0.271 e. The van der Waals surface area contributed by atoms with Crippen molar-refractivity contribution < 1.29 is 9.59 Å². The minimum absolute atomic E-state index is 0.00871. The van der Waals surface area contributed by atoms with Crippen LogP contribution < -0.4 is 10.9 Å². The Bertz CT molecular complexity index is 791. The minimum Gasteiger partial charge on any atom is -0.348 e. The highest BCUT2D eigenvalue weighted by Gasteiger charge is 2.24. The number of carbonyl (C=O) groups is 2. The molecule has 0 atom stereocenters. The van der Waals surface area contributed by atoms with E-state index in [1.165, 1.54) is 12.1 Å². The van der Waals surface area contributed by atoms with Crippen molar-refractivity contribution in [3.8, 4) is 0 Å². The molecule has 1 aromatic carbocycles. The molecule has 0 bridgehead atoms. The summed E-state index contributed by atoms with van der Waals surface area (Å²) in [7, 11) is 0. The number of H-pyrrole nitrogens is 1. The van der Waals surface area contributed by atoms with E-state index in [4.69, 9.17) is 0 Å². The van der Waals surface area contributed by atoms with Gasteiger partial charge in [0.05, 0.1) is 0 Å². The van der Waals surface area contributed by atoms with Crippen molar-refractivity contribution in [3.05, 3.63) is 64.1 Å². The largest absolute Gasteiger partial charge is 0.348 e. The fraction of sp³-hybridized carbons (Fsp3) is 0.368. The Labute approximate surface area is 151 Å². The maximum absolute atomic E-state index is 12.3. The third kappa shape index (κ3) is 4.78. The van der Waals surface area contributed by atoms with Crippen LogP contribution in [0.3, 0.4) is 0 Å². The van der Waals surface area contributed by atoms with Gasteiger partial charge in [0.25, 0.3) is 11.5 Å². The third-order valence-electron chi connectivity index (χ3n) is 4.57. The summed E-state index contributed by atoms with van der Waals surface area (Å²) in [5, 5.41) is 8.88. The number of benzene rings is 1. The van der Waals surface area contributed by atoms with Crippen molar-refractivity contribution in [1.29, 1.82) is 0 Å². The topological polar surface area (TPSA) is 95.2 Å². The van der Waals surface area contributed by atoms with Crippen LogP contribution in [0.25, 0.3) is 0 Å². The highest BCUT2D eigenvalue weighted by atomic mass is 16.2. The molecule has 0 aliphatic carbocycles. The number of likely N-dealkylation sites (tertiary alicyclic amines) is 1. The Kier molecular flexibility index (Phi) is 5.78. The molecule has 0 radical (unpaired) electrons. The van der Waals surface area contributed by atoms with Crippen molar-refractivity contribution in [3.63, 3.8) is 0 Å². The van der Waals surface area contributed by atoms with E-state index in [0.29, 0.717) is 32.4 Å². The molecule has 2 N–H and O–H groups in total. The van der Waals surface area contributed by atoms with Crippen molar-refractivity contribution in [1.82, 2.24) is 20.4 Å². The van der Waals surface area contributed by atoms with Crippen LogP contribution in [0.2, 0.25) is 0 Å². The van der Waals surface area contributed by atoms with Crippen molar-refractivity contribution in [2.45, 2.75) is 31.7 Å². The monoisotopic (exact) mass is 354 g/mol. The fourth-order valence-electron chi connectivity index (χ4n) is 3.06. The second-order valence-electron chi connectivity index (χ2n) is 6.42. The number of piperidine rings is 1. The van der Waals surface area contributed by atoms with E-state index in [1.54, 1.807) is 0 Å². The number of rotatable bonds is 5. The Morgan fingerprint density at radius 1 is 1.12 bits per heavy atom. The number of nitrogens with one attached hydrogen (secondary N) is 2. The molecule has 7 heteroatoms. The molecule has 0 unspecified atom stereocenters. The number of carbonyl (C=O) groups excluding carboxylic acids is 2. The van der Waals surface area contributed by atoms with Gasteiger partial charge in [-0.05, 0) is 30.9 Å². The zero-order valence-electron chi connectivity index (χ0n) is 14.5. The molecule has 1 saturated heterocycles. The first-order chi connectivity index (χ1) is 12.6. The number of aromatic amines is 1. The summed E-state index contributed by atoms with van der Waals surface area (Å²) in [5.74, 6) is -0.156. The minimum atomic E-state index is -0.344. The quantitative estimate of drug-likeness (QED) is 0.841. The summed E-state index contributed by atoms with van der Waals surface area (Å²) in [6, 6.07) is 12.7. The highest BCUT2D eigenvalue weighted by molar-refractivity contribution is 5.92. The summed E-state index contributed by atoms with van der Waals surface area (Å²) in [4.78, 5) is 37.3. The van der Waals surface area contributed by atoms with Crippen LogP contribution in [0.4, 0.5) is 0 Å². The molecule has 26 heavy (non-hydrogen) atoms. The second-order valence-corrected chi connectivity index (χ2v) is 6.42. The molecule has 0 saturated carbocycles. The molecule has 3 rings (SSSR count). The van der Waals surface area contributed by atoms with Crippen molar-refractivity contribution in [2.24, 2.45) is 0 Å². The SMILES string of the molecule is O=C(NC1CCN(C(=O)CCc2ccccc2)CC1)c1ccc(=O)[nH]n1. The third-order valence-corrected chi connectivity index (χ3v) is 4.57. The van der Waals surface area contributed by atoms with Gasteiger partial charge in [-0.3, -0.25) is 14.4 Å². The Morgan fingerprint density at radius 2 is 1.85 bits per heavy atom. The predicted octanol–water partition coefficient (Wildman–Crippen LogP) is 1.12. The zero-order chi connectivity index (χ0) is 18.4. The molecule has 2 amide bonds. The molecule has 1 aromatic heterocycles. The zero-order valence-corrected chi connectivity index (χ0v) is 14.5. The molecule has 1 aliphatic rings. The van der Waals surface area contributed by atoms with E-state index < -0.39 is 0 Å². The lowest BCUT2D eigenvalue weighted by Gasteiger charge is -2.32. The summed E-state index contributed by atoms with van der Waals surface area (Å²) >= 11 is 0. The molecule has 136 valence electrons. The summed E-state index contributed by atoms with van der Waals surface area (Å²) in [6.45, 7) is 1.27. The molecular weight excluding hydrogens is 332 g/mol. The van der Waals surface area contributed by atoms with Crippen molar-refractivity contribution in [2.75, 3.05) is 13.1 Å². The van der Waals surface area contributed by atoms with Gasteiger partial charge >= 0.3 is 0 Å². The van der Waals surface area contributed by atoms with Gasteiger partial charge < -0.3 is 10.2 Å². The van der Waals surface area contributed by atoms with Crippen LogP contribution in [0, 0.1) is 0 Å². The molecule has 1 fully saturated rings. The van der Waals surface area contributed by atoms with Gasteiger partial charge in [0.2, 0.25) is 5.91 Å². The lowest BCUT2D eigenvalue weighted by atomic mass is 10.0. The molecule has 7 nitrogen and oxygen atoms in total. The molecule has 2 heterocycles. The highest BCUT2D eigenvalue weighted by Crippen LogP contribution is 2.13. The van der Waals surface area contributed by atoms with Crippen LogP contribution in [0.5, 0.6) is 0 Å². The number of hydrogen-bond donors (Lipinski definition) is 2. The van der Waals surface area contributed by atoms with Crippen LogP contribution in [0.1, 0.15) is 35.3 Å². The maximum atomic E-state index is 12.3. The first-order valence-electron chi connectivity index (χ1n) is 8.80. The van der Waals surface area contributed by atoms with E-state index in [-0.39, 0.29) is 29.1 Å². The van der Waals surface area contributed by atoms with Gasteiger partial charge in [0.15, 0.2) is 0 Å². The van der Waals surface area contributed by atoms with Crippen LogP contribution in [-0.2, 0) is 11.2 Å². The van der Waals surface area contributed by atoms with E-state index in [9.17, 15) is 14.4 Å². The average Bonchev–Trinajstić information content (AvgIpc) is 2.68. The van der Waals surface area contributed by atoms with Crippen molar-refractivity contribution >= 4 is 11.8 Å². The summed E-state index contributed by atoms with van der Waals surface area (Å²) in [6.07, 6.45) is 2.68. The van der Waals surface area contributed by atoms with E-state index >= 15 is 0 Å². The predicted molar refractivity (Wildman–Crippen MR) is 96.7 cm³/mol. The summed E-state index contributed by atoms with van der Waals surface area (Å²) in [5.41, 5.74) is 1.01. The van der Waals surface area contributed by atoms with Crippen LogP contribution in [-0.4, -0.2) is 46.0 Å². The first kappa shape index (κ1) is 17.8. The fourth-order valence-corrected chi connectivity index (χ4v) is 3.06. The molecular formula is C19H22N4O3. The smallest absolute Gasteiger partial charge is 0.271 e. The Balaban J connectivity index is 1.43. The van der Waals surface area contributed by atoms with Crippen LogP contribution in [0.15, 0.2) is 47.3 Å². The Hall–Kier alpha value is -2.96. The van der Waals surface area contributed by atoms with E-state index in [2.05, 4.69) is 15.5 Å². The van der Waals surface area contributed by atoms with Gasteiger partial charge in [0, 0.05) is 31.6 Å². The molecule has 1 aliphatic heterocycles. The standard InChI is InChI=1S/C19H22N4O3/c24-17-8-7-16(21-22-17)19(26)20-15-10-12-23(13-11-15)18(25)9-6-14-4-2-1-3-5-14/h1-5,7-8,15H,6,9-13H2,(H,20,26)(H,22,24). The van der Waals surface area contributed by atoms with Gasteiger partial charge in [-0.1, -0.05) is 30.3 Å². The number of aromatic nitrogens is 2. The van der Waals surface area contributed by atoms with E-state index in [1.807, 2.05) is 35.2 Å². The van der Waals surface area contributed by atoms with Gasteiger partial charge in [-0.25, -0.2) is 5.10 Å². The normalized spacial score (nSPS) is 14.8. The number of amides is 2. The van der Waals surface area contributed by atoms with Gasteiger partial charge in [-0.2, -0.15) is 5.10 Å².